The van der Waals surface area contributed by atoms with Crippen molar-refractivity contribution < 1.29 is 33.4 Å². The van der Waals surface area contributed by atoms with E-state index in [0.717, 1.165) is 4.90 Å². The van der Waals surface area contributed by atoms with E-state index < -0.39 is 23.9 Å². The van der Waals surface area contributed by atoms with Crippen molar-refractivity contribution in [2.24, 2.45) is 0 Å². The van der Waals surface area contributed by atoms with Crippen molar-refractivity contribution in [3.05, 3.63) is 59.2 Å². The number of hydrogen-bond donors (Lipinski definition) is 0. The molecule has 172 valence electrons. The predicted octanol–water partition coefficient (Wildman–Crippen LogP) is 2.29. The fraction of sp³-hybridized carbons (Fsp3) is 0.333. The van der Waals surface area contributed by atoms with E-state index in [0.29, 0.717) is 44.3 Å². The van der Waals surface area contributed by atoms with Crippen LogP contribution in [0.5, 0.6) is 5.75 Å². The van der Waals surface area contributed by atoms with Crippen LogP contribution in [0.3, 0.4) is 0 Å². The van der Waals surface area contributed by atoms with Gasteiger partial charge >= 0.3 is 5.97 Å². The van der Waals surface area contributed by atoms with E-state index in [-0.39, 0.29) is 22.6 Å². The largest absolute Gasteiger partial charge is 0.494 e. The number of esters is 1. The van der Waals surface area contributed by atoms with Gasteiger partial charge in [0.1, 0.15) is 5.75 Å². The summed E-state index contributed by atoms with van der Waals surface area (Å²) in [4.78, 5) is 53.6. The molecule has 0 aliphatic carbocycles. The number of carbonyl (C=O) groups is 4. The molecule has 0 radical (unpaired) electrons. The van der Waals surface area contributed by atoms with E-state index in [1.807, 2.05) is 6.92 Å². The Balaban J connectivity index is 1.49. The van der Waals surface area contributed by atoms with E-state index in [1.165, 1.54) is 25.1 Å². The molecule has 1 unspecified atom stereocenters. The molecule has 2 aromatic rings. The van der Waals surface area contributed by atoms with Crippen LogP contribution in [-0.4, -0.2) is 67.6 Å². The molecule has 1 atom stereocenters. The lowest BCUT2D eigenvalue weighted by Gasteiger charge is -2.28. The van der Waals surface area contributed by atoms with Crippen LogP contribution < -0.4 is 9.64 Å². The maximum absolute atomic E-state index is 13.0. The second kappa shape index (κ2) is 9.41. The zero-order chi connectivity index (χ0) is 23.5. The van der Waals surface area contributed by atoms with Crippen LogP contribution in [0.25, 0.3) is 0 Å². The van der Waals surface area contributed by atoms with Gasteiger partial charge in [-0.15, -0.1) is 0 Å². The second-order valence-electron chi connectivity index (χ2n) is 7.62. The van der Waals surface area contributed by atoms with Crippen LogP contribution in [0.15, 0.2) is 42.5 Å². The Bertz CT molecular complexity index is 1090. The summed E-state index contributed by atoms with van der Waals surface area (Å²) in [6.07, 6.45) is -0.985. The van der Waals surface area contributed by atoms with Crippen LogP contribution in [-0.2, 0) is 14.3 Å². The van der Waals surface area contributed by atoms with Crippen LogP contribution in [0.1, 0.15) is 44.9 Å². The Morgan fingerprint density at radius 3 is 2.33 bits per heavy atom. The summed E-state index contributed by atoms with van der Waals surface area (Å²) in [6.45, 7) is 5.64. The average Bonchev–Trinajstić information content (AvgIpc) is 3.09. The van der Waals surface area contributed by atoms with Gasteiger partial charge in [0.25, 0.3) is 17.7 Å². The normalized spacial score (nSPS) is 16.4. The van der Waals surface area contributed by atoms with Gasteiger partial charge in [0.2, 0.25) is 0 Å². The molecule has 0 N–H and O–H groups in total. The van der Waals surface area contributed by atoms with E-state index in [4.69, 9.17) is 14.2 Å². The molecule has 2 aliphatic rings. The van der Waals surface area contributed by atoms with Gasteiger partial charge < -0.3 is 19.1 Å². The first-order valence-electron chi connectivity index (χ1n) is 10.7. The lowest BCUT2D eigenvalue weighted by atomic mass is 10.1. The lowest BCUT2D eigenvalue weighted by molar-refractivity contribution is -0.143. The predicted molar refractivity (Wildman–Crippen MR) is 117 cm³/mol. The Morgan fingerprint density at radius 1 is 1.00 bits per heavy atom. The van der Waals surface area contributed by atoms with Gasteiger partial charge in [-0.25, -0.2) is 9.69 Å². The van der Waals surface area contributed by atoms with E-state index in [1.54, 1.807) is 29.2 Å². The number of rotatable bonds is 6. The highest BCUT2D eigenvalue weighted by atomic mass is 16.5. The summed E-state index contributed by atoms with van der Waals surface area (Å²) >= 11 is 0. The number of imide groups is 1. The maximum atomic E-state index is 13.0. The molecule has 2 aliphatic heterocycles. The van der Waals surface area contributed by atoms with E-state index in [2.05, 4.69) is 0 Å². The first-order valence-corrected chi connectivity index (χ1v) is 10.7. The van der Waals surface area contributed by atoms with Crippen molar-refractivity contribution >= 4 is 29.4 Å². The number of morpholine rings is 1. The highest BCUT2D eigenvalue weighted by molar-refractivity contribution is 6.34. The van der Waals surface area contributed by atoms with Crippen LogP contribution >= 0.6 is 0 Å². The minimum Gasteiger partial charge on any atom is -0.494 e. The fourth-order valence-corrected chi connectivity index (χ4v) is 3.78. The number of nitrogens with zero attached hydrogens (tertiary/aromatic N) is 2. The van der Waals surface area contributed by atoms with Gasteiger partial charge in [0, 0.05) is 13.1 Å². The number of hydrogen-bond acceptors (Lipinski definition) is 7. The van der Waals surface area contributed by atoms with Crippen LogP contribution in [0.2, 0.25) is 0 Å². The molecular formula is C24H24N2O7. The summed E-state index contributed by atoms with van der Waals surface area (Å²) in [5.74, 6) is -1.43. The highest BCUT2D eigenvalue weighted by Crippen LogP contribution is 2.30. The van der Waals surface area contributed by atoms with Gasteiger partial charge in [0.05, 0.1) is 42.2 Å². The summed E-state index contributed by atoms with van der Waals surface area (Å²) in [5, 5.41) is 0. The average molecular weight is 452 g/mol. The molecule has 9 heteroatoms. The molecule has 0 bridgehead atoms. The van der Waals surface area contributed by atoms with E-state index in [9.17, 15) is 19.2 Å². The quantitative estimate of drug-likeness (QED) is 0.489. The topological polar surface area (TPSA) is 102 Å². The van der Waals surface area contributed by atoms with Crippen LogP contribution in [0.4, 0.5) is 5.69 Å². The maximum Gasteiger partial charge on any atom is 0.338 e. The molecule has 3 amide bonds. The van der Waals surface area contributed by atoms with Crippen molar-refractivity contribution in [3.8, 4) is 5.75 Å². The minimum absolute atomic E-state index is 0.0880. The Morgan fingerprint density at radius 2 is 1.67 bits per heavy atom. The number of benzene rings is 2. The molecule has 0 aromatic heterocycles. The number of anilines is 1. The lowest BCUT2D eigenvalue weighted by Crippen LogP contribution is -2.46. The SMILES string of the molecule is CCOc1ccc(N2C(=O)c3ccc(C(=O)OC(C)C(=O)N4CCOCC4)cc3C2=O)cc1. The number of carbonyl (C=O) groups excluding carboxylic acids is 4. The fourth-order valence-electron chi connectivity index (χ4n) is 3.78. The number of fused-ring (bicyclic) bond motifs is 1. The molecule has 4 rings (SSSR count). The van der Waals surface area contributed by atoms with Gasteiger partial charge in [-0.05, 0) is 56.3 Å². The molecular weight excluding hydrogens is 428 g/mol. The van der Waals surface area contributed by atoms with Crippen molar-refractivity contribution in [2.75, 3.05) is 37.8 Å². The number of amides is 3. The highest BCUT2D eigenvalue weighted by Gasteiger charge is 2.37. The molecule has 1 fully saturated rings. The number of ether oxygens (including phenoxy) is 3. The molecule has 33 heavy (non-hydrogen) atoms. The zero-order valence-corrected chi connectivity index (χ0v) is 18.4. The van der Waals surface area contributed by atoms with Crippen molar-refractivity contribution in [1.29, 1.82) is 0 Å². The second-order valence-corrected chi connectivity index (χ2v) is 7.62. The van der Waals surface area contributed by atoms with Gasteiger partial charge in [0.15, 0.2) is 6.10 Å². The first kappa shape index (κ1) is 22.5. The summed E-state index contributed by atoms with van der Waals surface area (Å²) in [7, 11) is 0. The third-order valence-corrected chi connectivity index (χ3v) is 5.48. The molecule has 0 saturated carbocycles. The molecule has 1 saturated heterocycles. The van der Waals surface area contributed by atoms with Gasteiger partial charge in [-0.1, -0.05) is 0 Å². The van der Waals surface area contributed by atoms with E-state index >= 15 is 0 Å². The molecule has 2 aromatic carbocycles. The summed E-state index contributed by atoms with van der Waals surface area (Å²) in [6, 6.07) is 10.8. The van der Waals surface area contributed by atoms with Crippen molar-refractivity contribution in [1.82, 2.24) is 4.90 Å². The standard InChI is InChI=1S/C24H24N2O7/c1-3-32-18-7-5-17(6-8-18)26-22(28)19-9-4-16(14-20(19)23(26)29)24(30)33-15(2)21(27)25-10-12-31-13-11-25/h4-9,14-15H,3,10-13H2,1-2H3. The zero-order valence-electron chi connectivity index (χ0n) is 18.4. The van der Waals surface area contributed by atoms with Crippen molar-refractivity contribution in [3.63, 3.8) is 0 Å². The first-order chi connectivity index (χ1) is 15.9. The smallest absolute Gasteiger partial charge is 0.338 e. The Labute approximate surface area is 190 Å². The third kappa shape index (κ3) is 4.45. The minimum atomic E-state index is -0.985. The van der Waals surface area contributed by atoms with Gasteiger partial charge in [-0.2, -0.15) is 0 Å². The third-order valence-electron chi connectivity index (χ3n) is 5.48. The Hall–Kier alpha value is -3.72. The van der Waals surface area contributed by atoms with Gasteiger partial charge in [-0.3, -0.25) is 14.4 Å². The molecule has 2 heterocycles. The van der Waals surface area contributed by atoms with Crippen LogP contribution in [0, 0.1) is 0 Å². The summed E-state index contributed by atoms with van der Waals surface area (Å²) < 4.78 is 15.9. The monoisotopic (exact) mass is 452 g/mol. The molecule has 0 spiro atoms. The van der Waals surface area contributed by atoms with Crippen molar-refractivity contribution in [2.45, 2.75) is 20.0 Å². The summed E-state index contributed by atoms with van der Waals surface area (Å²) in [5.41, 5.74) is 0.793. The molecule has 9 nitrogen and oxygen atoms in total. The Kier molecular flexibility index (Phi) is 6.41.